The number of nitrogen functional groups attached to an aromatic ring is 1. The van der Waals surface area contributed by atoms with Crippen LogP contribution in [-0.2, 0) is 6.42 Å². The molecule has 0 atom stereocenters. The summed E-state index contributed by atoms with van der Waals surface area (Å²) in [4.78, 5) is 4.07. The topological polar surface area (TPSA) is 48.1 Å². The highest BCUT2D eigenvalue weighted by Crippen LogP contribution is 2.26. The van der Waals surface area contributed by atoms with Gasteiger partial charge in [-0.2, -0.15) is 0 Å². The van der Waals surface area contributed by atoms with Crippen LogP contribution in [0.25, 0.3) is 0 Å². The summed E-state index contributed by atoms with van der Waals surface area (Å²) in [6.07, 6.45) is 2.63. The lowest BCUT2D eigenvalue weighted by atomic mass is 10.1. The van der Waals surface area contributed by atoms with Crippen molar-refractivity contribution in [2.75, 3.05) is 12.8 Å². The predicted octanol–water partition coefficient (Wildman–Crippen LogP) is 3.03. The van der Waals surface area contributed by atoms with E-state index in [0.717, 1.165) is 22.2 Å². The van der Waals surface area contributed by atoms with Gasteiger partial charge in [0.2, 0.25) is 0 Å². The van der Waals surface area contributed by atoms with Crippen molar-refractivity contribution in [3.8, 4) is 5.75 Å². The molecule has 1 aromatic heterocycles. The molecule has 0 spiro atoms. The van der Waals surface area contributed by atoms with Gasteiger partial charge in [0.25, 0.3) is 0 Å². The normalized spacial score (nSPS) is 10.2. The Balaban J connectivity index is 2.19. The predicted molar refractivity (Wildman–Crippen MR) is 72.1 cm³/mol. The fourth-order valence-electron chi connectivity index (χ4n) is 1.60. The first kappa shape index (κ1) is 11.9. The third-order valence-electron chi connectivity index (χ3n) is 2.47. The molecular formula is C13H13BrN2O. The van der Waals surface area contributed by atoms with E-state index in [0.29, 0.717) is 5.82 Å². The minimum absolute atomic E-state index is 0.546. The molecule has 3 nitrogen and oxygen atoms in total. The summed E-state index contributed by atoms with van der Waals surface area (Å²) >= 11 is 3.47. The van der Waals surface area contributed by atoms with Gasteiger partial charge < -0.3 is 10.5 Å². The molecule has 2 aromatic rings. The second-order valence-electron chi connectivity index (χ2n) is 3.74. The third kappa shape index (κ3) is 2.97. The number of hydrogen-bond acceptors (Lipinski definition) is 3. The van der Waals surface area contributed by atoms with Crippen LogP contribution in [-0.4, -0.2) is 12.1 Å². The molecule has 0 saturated heterocycles. The first-order valence-electron chi connectivity index (χ1n) is 5.22. The van der Waals surface area contributed by atoms with E-state index in [9.17, 15) is 0 Å². The molecule has 0 amide bonds. The zero-order valence-electron chi connectivity index (χ0n) is 9.48. The number of anilines is 1. The van der Waals surface area contributed by atoms with Crippen LogP contribution in [0, 0.1) is 0 Å². The standard InChI is InChI=1S/C13H13BrN2O/c1-17-12-4-2-9(7-11(12)14)6-10-3-5-13(15)16-8-10/h2-5,7-8H,6H2,1H3,(H2,15,16). The van der Waals surface area contributed by atoms with Crippen molar-refractivity contribution in [1.29, 1.82) is 0 Å². The van der Waals surface area contributed by atoms with Crippen molar-refractivity contribution in [2.24, 2.45) is 0 Å². The molecule has 0 fully saturated rings. The van der Waals surface area contributed by atoms with Crippen LogP contribution in [0.1, 0.15) is 11.1 Å². The third-order valence-corrected chi connectivity index (χ3v) is 3.09. The van der Waals surface area contributed by atoms with Gasteiger partial charge in [0.05, 0.1) is 11.6 Å². The van der Waals surface area contributed by atoms with Gasteiger partial charge in [-0.15, -0.1) is 0 Å². The van der Waals surface area contributed by atoms with Crippen LogP contribution in [0.15, 0.2) is 41.0 Å². The Morgan fingerprint density at radius 1 is 1.24 bits per heavy atom. The van der Waals surface area contributed by atoms with Gasteiger partial charge in [0.1, 0.15) is 11.6 Å². The van der Waals surface area contributed by atoms with Crippen LogP contribution in [0.4, 0.5) is 5.82 Å². The molecule has 17 heavy (non-hydrogen) atoms. The molecule has 0 aliphatic carbocycles. The molecule has 0 aliphatic heterocycles. The maximum absolute atomic E-state index is 5.55. The quantitative estimate of drug-likeness (QED) is 0.946. The summed E-state index contributed by atoms with van der Waals surface area (Å²) in [5, 5.41) is 0. The van der Waals surface area contributed by atoms with E-state index in [2.05, 4.69) is 27.0 Å². The maximum atomic E-state index is 5.55. The van der Waals surface area contributed by atoms with Gasteiger partial charge in [-0.25, -0.2) is 4.98 Å². The zero-order valence-corrected chi connectivity index (χ0v) is 11.1. The van der Waals surface area contributed by atoms with Crippen molar-refractivity contribution in [3.05, 3.63) is 52.1 Å². The Hall–Kier alpha value is -1.55. The minimum Gasteiger partial charge on any atom is -0.496 e. The maximum Gasteiger partial charge on any atom is 0.133 e. The second-order valence-corrected chi connectivity index (χ2v) is 4.59. The fraction of sp³-hybridized carbons (Fsp3) is 0.154. The summed E-state index contributed by atoms with van der Waals surface area (Å²) in [6.45, 7) is 0. The number of nitrogens with two attached hydrogens (primary N) is 1. The van der Waals surface area contributed by atoms with Crippen LogP contribution in [0.5, 0.6) is 5.75 Å². The molecule has 88 valence electrons. The Kier molecular flexibility index (Phi) is 3.64. The average molecular weight is 293 g/mol. The fourth-order valence-corrected chi connectivity index (χ4v) is 2.18. The zero-order chi connectivity index (χ0) is 12.3. The van der Waals surface area contributed by atoms with Crippen LogP contribution in [0.3, 0.4) is 0 Å². The number of aromatic nitrogens is 1. The van der Waals surface area contributed by atoms with Crippen molar-refractivity contribution >= 4 is 21.7 Å². The van der Waals surface area contributed by atoms with E-state index >= 15 is 0 Å². The molecule has 0 aliphatic rings. The first-order valence-corrected chi connectivity index (χ1v) is 6.01. The van der Waals surface area contributed by atoms with Gasteiger partial charge in [0.15, 0.2) is 0 Å². The number of benzene rings is 1. The highest BCUT2D eigenvalue weighted by atomic mass is 79.9. The monoisotopic (exact) mass is 292 g/mol. The summed E-state index contributed by atoms with van der Waals surface area (Å²) in [6, 6.07) is 9.84. The SMILES string of the molecule is COc1ccc(Cc2ccc(N)nc2)cc1Br. The molecule has 0 bridgehead atoms. The lowest BCUT2D eigenvalue weighted by Gasteiger charge is -2.06. The number of halogens is 1. The molecule has 2 N–H and O–H groups in total. The molecule has 2 rings (SSSR count). The van der Waals surface area contributed by atoms with Crippen LogP contribution < -0.4 is 10.5 Å². The Morgan fingerprint density at radius 3 is 2.59 bits per heavy atom. The van der Waals surface area contributed by atoms with Gasteiger partial charge in [-0.05, 0) is 51.7 Å². The molecule has 1 aromatic carbocycles. The average Bonchev–Trinajstić information content (AvgIpc) is 2.32. The van der Waals surface area contributed by atoms with E-state index in [-0.39, 0.29) is 0 Å². The smallest absolute Gasteiger partial charge is 0.133 e. The lowest BCUT2D eigenvalue weighted by Crippen LogP contribution is -1.93. The summed E-state index contributed by atoms with van der Waals surface area (Å²) < 4.78 is 6.15. The lowest BCUT2D eigenvalue weighted by molar-refractivity contribution is 0.412. The van der Waals surface area contributed by atoms with Crippen molar-refractivity contribution in [1.82, 2.24) is 4.98 Å². The summed E-state index contributed by atoms with van der Waals surface area (Å²) in [5.74, 6) is 1.38. The first-order chi connectivity index (χ1) is 8.19. The van der Waals surface area contributed by atoms with Gasteiger partial charge in [0, 0.05) is 6.20 Å². The summed E-state index contributed by atoms with van der Waals surface area (Å²) in [5.41, 5.74) is 7.88. The molecule has 0 radical (unpaired) electrons. The van der Waals surface area contributed by atoms with E-state index in [1.54, 1.807) is 13.3 Å². The molecule has 0 saturated carbocycles. The Morgan fingerprint density at radius 2 is 2.00 bits per heavy atom. The highest BCUT2D eigenvalue weighted by Gasteiger charge is 2.02. The molecule has 0 unspecified atom stereocenters. The van der Waals surface area contributed by atoms with Gasteiger partial charge in [-0.1, -0.05) is 12.1 Å². The number of hydrogen-bond donors (Lipinski definition) is 1. The molecular weight excluding hydrogens is 280 g/mol. The van der Waals surface area contributed by atoms with Gasteiger partial charge >= 0.3 is 0 Å². The van der Waals surface area contributed by atoms with E-state index in [4.69, 9.17) is 10.5 Å². The van der Waals surface area contributed by atoms with Crippen molar-refractivity contribution < 1.29 is 4.74 Å². The summed E-state index contributed by atoms with van der Waals surface area (Å²) in [7, 11) is 1.66. The van der Waals surface area contributed by atoms with Crippen LogP contribution >= 0.6 is 15.9 Å². The van der Waals surface area contributed by atoms with E-state index < -0.39 is 0 Å². The molecule has 1 heterocycles. The number of ether oxygens (including phenoxy) is 1. The van der Waals surface area contributed by atoms with Crippen molar-refractivity contribution in [2.45, 2.75) is 6.42 Å². The van der Waals surface area contributed by atoms with E-state index in [1.807, 2.05) is 24.3 Å². The number of nitrogens with zero attached hydrogens (tertiary/aromatic N) is 1. The van der Waals surface area contributed by atoms with E-state index in [1.165, 1.54) is 5.56 Å². The number of rotatable bonds is 3. The number of pyridine rings is 1. The molecule has 4 heteroatoms. The van der Waals surface area contributed by atoms with Crippen LogP contribution in [0.2, 0.25) is 0 Å². The Labute approximate surface area is 109 Å². The highest BCUT2D eigenvalue weighted by molar-refractivity contribution is 9.10. The second kappa shape index (κ2) is 5.19. The largest absolute Gasteiger partial charge is 0.496 e. The number of methoxy groups -OCH3 is 1. The van der Waals surface area contributed by atoms with Gasteiger partial charge in [-0.3, -0.25) is 0 Å². The minimum atomic E-state index is 0.546. The van der Waals surface area contributed by atoms with Crippen molar-refractivity contribution in [3.63, 3.8) is 0 Å². The Bertz CT molecular complexity index is 511.